The van der Waals surface area contributed by atoms with E-state index >= 15 is 0 Å². The minimum Gasteiger partial charge on any atom is -0.408 e. The van der Waals surface area contributed by atoms with Crippen molar-refractivity contribution in [2.24, 2.45) is 11.8 Å². The highest BCUT2D eigenvalue weighted by atomic mass is 28.4. The monoisotopic (exact) mass is 510 g/mol. The average Bonchev–Trinajstić information content (AvgIpc) is 3.21. The van der Waals surface area contributed by atoms with Crippen LogP contribution in [-0.4, -0.2) is 48.6 Å². The van der Waals surface area contributed by atoms with E-state index in [1.807, 2.05) is 33.9 Å². The van der Waals surface area contributed by atoms with Crippen molar-refractivity contribution in [2.45, 2.75) is 82.3 Å². The lowest BCUT2D eigenvalue weighted by Gasteiger charge is -2.45. The van der Waals surface area contributed by atoms with Gasteiger partial charge in [0.05, 0.1) is 24.0 Å². The highest BCUT2D eigenvalue weighted by Crippen LogP contribution is 2.62. The molecule has 2 unspecified atom stereocenters. The third kappa shape index (κ3) is 3.41. The number of hydrogen-bond acceptors (Lipinski definition) is 5. The van der Waals surface area contributed by atoms with Crippen LogP contribution in [0.4, 0.5) is 24.5 Å². The first kappa shape index (κ1) is 25.8. The minimum absolute atomic E-state index is 0.203. The van der Waals surface area contributed by atoms with Gasteiger partial charge in [-0.3, -0.25) is 9.59 Å². The molecule has 4 rings (SSSR count). The van der Waals surface area contributed by atoms with Gasteiger partial charge in [-0.2, -0.15) is 13.2 Å². The first-order valence-electron chi connectivity index (χ1n) is 11.3. The molecule has 6 atom stereocenters. The fourth-order valence-electron chi connectivity index (χ4n) is 5.44. The molecule has 3 heterocycles. The summed E-state index contributed by atoms with van der Waals surface area (Å²) >= 11 is 0. The maximum absolute atomic E-state index is 13.6. The first-order chi connectivity index (χ1) is 15.8. The molecule has 0 spiro atoms. The molecule has 0 aromatic heterocycles. The SMILES string of the molecule is [C-]#[N+]c1ccc(N2C(=O)[C@@H]3[C@H](C2=O)C2(C)OC3(C)[C@H](O[Si](C)(C)C(C)(C)C)[C@H]2O)cc1C(F)(F)F. The lowest BCUT2D eigenvalue weighted by atomic mass is 9.66. The Kier molecular flexibility index (Phi) is 5.44. The molecule has 2 bridgehead atoms. The highest BCUT2D eigenvalue weighted by Gasteiger charge is 2.80. The second-order valence-electron chi connectivity index (χ2n) is 11.5. The van der Waals surface area contributed by atoms with Gasteiger partial charge in [-0.15, -0.1) is 0 Å². The van der Waals surface area contributed by atoms with E-state index in [-0.39, 0.29) is 10.7 Å². The standard InChI is InChI=1S/C24H29F3N2O5Si/c1-21(2,3)35(7,8)33-18-17(30)22(4)15-16(23(18,5)34-22)20(32)29(19(15)31)12-9-10-14(28-6)13(11-12)24(25,26)27/h9-11,15-18,30H,1-5,7-8H3/t15-,16+,17-,18-,22?,23?/m1/s1. The maximum Gasteiger partial charge on any atom is 0.407 e. The molecule has 35 heavy (non-hydrogen) atoms. The van der Waals surface area contributed by atoms with Gasteiger partial charge in [0.15, 0.2) is 14.0 Å². The van der Waals surface area contributed by atoms with Gasteiger partial charge < -0.3 is 14.3 Å². The van der Waals surface area contributed by atoms with Crippen LogP contribution in [0, 0.1) is 18.4 Å². The van der Waals surface area contributed by atoms with Gasteiger partial charge in [0.2, 0.25) is 11.8 Å². The maximum atomic E-state index is 13.6. The summed E-state index contributed by atoms with van der Waals surface area (Å²) in [6.07, 6.45) is -6.94. The van der Waals surface area contributed by atoms with E-state index in [0.717, 1.165) is 17.0 Å². The number of aliphatic hydroxyl groups excluding tert-OH is 1. The Labute approximate surface area is 203 Å². The first-order valence-corrected chi connectivity index (χ1v) is 14.2. The number of alkyl halides is 3. The normalized spacial score (nSPS) is 35.0. The lowest BCUT2D eigenvalue weighted by molar-refractivity contribution is -0.137. The fraction of sp³-hybridized carbons (Fsp3) is 0.625. The van der Waals surface area contributed by atoms with Gasteiger partial charge in [0.1, 0.15) is 23.4 Å². The number of hydrogen-bond donors (Lipinski definition) is 1. The van der Waals surface area contributed by atoms with Gasteiger partial charge in [-0.25, -0.2) is 9.74 Å². The van der Waals surface area contributed by atoms with Gasteiger partial charge in [0, 0.05) is 5.69 Å². The molecule has 1 aromatic carbocycles. The van der Waals surface area contributed by atoms with Gasteiger partial charge >= 0.3 is 6.18 Å². The summed E-state index contributed by atoms with van der Waals surface area (Å²) in [5.41, 5.74) is -4.91. The summed E-state index contributed by atoms with van der Waals surface area (Å²) in [5, 5.41) is 11.1. The van der Waals surface area contributed by atoms with Crippen molar-refractivity contribution >= 4 is 31.5 Å². The number of halogens is 3. The zero-order valence-corrected chi connectivity index (χ0v) is 21.6. The highest BCUT2D eigenvalue weighted by molar-refractivity contribution is 6.74. The summed E-state index contributed by atoms with van der Waals surface area (Å²) in [4.78, 5) is 30.8. The summed E-state index contributed by atoms with van der Waals surface area (Å²) in [6.45, 7) is 20.3. The zero-order chi connectivity index (χ0) is 26.5. The molecule has 11 heteroatoms. The quantitative estimate of drug-likeness (QED) is 0.363. The van der Waals surface area contributed by atoms with Crippen molar-refractivity contribution < 1.29 is 37.0 Å². The van der Waals surface area contributed by atoms with Crippen LogP contribution in [0.15, 0.2) is 18.2 Å². The Bertz CT molecular complexity index is 1160. The van der Waals surface area contributed by atoms with E-state index in [1.165, 1.54) is 0 Å². The fourth-order valence-corrected chi connectivity index (χ4v) is 6.79. The van der Waals surface area contributed by atoms with Crippen molar-refractivity contribution in [1.82, 2.24) is 0 Å². The Hall–Kier alpha value is -2.26. The smallest absolute Gasteiger partial charge is 0.407 e. The predicted molar refractivity (Wildman–Crippen MR) is 123 cm³/mol. The predicted octanol–water partition coefficient (Wildman–Crippen LogP) is 4.67. The van der Waals surface area contributed by atoms with Gasteiger partial charge in [-0.05, 0) is 44.1 Å². The Balaban J connectivity index is 1.77. The second-order valence-corrected chi connectivity index (χ2v) is 16.2. The molecule has 1 aromatic rings. The minimum atomic E-state index is -4.84. The third-order valence-electron chi connectivity index (χ3n) is 8.31. The van der Waals surface area contributed by atoms with E-state index in [0.29, 0.717) is 6.07 Å². The average molecular weight is 511 g/mol. The Morgan fingerprint density at radius 1 is 1.11 bits per heavy atom. The number of ether oxygens (including phenoxy) is 1. The second kappa shape index (κ2) is 7.38. The molecule has 190 valence electrons. The third-order valence-corrected chi connectivity index (χ3v) is 12.8. The molecular weight excluding hydrogens is 481 g/mol. The van der Waals surface area contributed by atoms with Crippen LogP contribution in [0.1, 0.15) is 40.2 Å². The van der Waals surface area contributed by atoms with Gasteiger partial charge in [0.25, 0.3) is 0 Å². The number of rotatable bonds is 3. The van der Waals surface area contributed by atoms with Crippen LogP contribution in [0.25, 0.3) is 4.85 Å². The molecule has 0 aliphatic carbocycles. The molecule has 3 aliphatic heterocycles. The zero-order valence-electron chi connectivity index (χ0n) is 20.6. The van der Waals surface area contributed by atoms with Crippen molar-refractivity contribution in [3.05, 3.63) is 35.2 Å². The number of carbonyl (C=O) groups excluding carboxylic acids is 2. The summed E-state index contributed by atoms with van der Waals surface area (Å²) in [7, 11) is -2.44. The van der Waals surface area contributed by atoms with Crippen molar-refractivity contribution in [2.75, 3.05) is 4.90 Å². The number of amides is 2. The number of fused-ring (bicyclic) bond motifs is 5. The van der Waals surface area contributed by atoms with E-state index in [1.54, 1.807) is 13.8 Å². The molecule has 0 saturated carbocycles. The molecule has 2 amide bonds. The molecule has 3 aliphatic rings. The number of benzene rings is 1. The van der Waals surface area contributed by atoms with Crippen LogP contribution >= 0.6 is 0 Å². The van der Waals surface area contributed by atoms with Crippen LogP contribution in [0.3, 0.4) is 0 Å². The van der Waals surface area contributed by atoms with E-state index in [9.17, 15) is 27.9 Å². The van der Waals surface area contributed by atoms with Crippen LogP contribution in [0.5, 0.6) is 0 Å². The summed E-state index contributed by atoms with van der Waals surface area (Å²) in [6, 6.07) is 2.76. The summed E-state index contributed by atoms with van der Waals surface area (Å²) < 4.78 is 53.3. The van der Waals surface area contributed by atoms with Crippen LogP contribution in [0.2, 0.25) is 18.1 Å². The molecule has 1 N–H and O–H groups in total. The largest absolute Gasteiger partial charge is 0.408 e. The topological polar surface area (TPSA) is 80.4 Å². The lowest BCUT2D eigenvalue weighted by Crippen LogP contribution is -2.61. The van der Waals surface area contributed by atoms with Crippen LogP contribution in [-0.2, 0) is 24.9 Å². The molecular formula is C24H29F3N2O5Si. The number of carbonyl (C=O) groups is 2. The van der Waals surface area contributed by atoms with E-state index in [2.05, 4.69) is 4.85 Å². The number of aliphatic hydroxyl groups is 1. The summed E-state index contributed by atoms with van der Waals surface area (Å²) in [5.74, 6) is -3.55. The Morgan fingerprint density at radius 3 is 2.14 bits per heavy atom. The Morgan fingerprint density at radius 2 is 1.66 bits per heavy atom. The molecule has 3 fully saturated rings. The van der Waals surface area contributed by atoms with Crippen molar-refractivity contribution in [1.29, 1.82) is 0 Å². The number of imide groups is 1. The van der Waals surface area contributed by atoms with Crippen LogP contribution < -0.4 is 4.90 Å². The van der Waals surface area contributed by atoms with E-state index in [4.69, 9.17) is 15.7 Å². The van der Waals surface area contributed by atoms with Crippen molar-refractivity contribution in [3.8, 4) is 0 Å². The molecule has 7 nitrogen and oxygen atoms in total. The van der Waals surface area contributed by atoms with Gasteiger partial charge in [-0.1, -0.05) is 26.8 Å². The number of anilines is 1. The van der Waals surface area contributed by atoms with E-state index < -0.39 is 72.8 Å². The molecule has 0 radical (unpaired) electrons. The number of nitrogens with zero attached hydrogens (tertiary/aromatic N) is 2. The van der Waals surface area contributed by atoms with Crippen molar-refractivity contribution in [3.63, 3.8) is 0 Å². The molecule has 3 saturated heterocycles.